The molecule has 1 saturated carbocycles. The van der Waals surface area contributed by atoms with Gasteiger partial charge in [0.1, 0.15) is 6.10 Å². The number of urea groups is 1. The number of hydrogen-bond acceptors (Lipinski definition) is 4. The van der Waals surface area contributed by atoms with Gasteiger partial charge in [0.2, 0.25) is 0 Å². The van der Waals surface area contributed by atoms with Gasteiger partial charge in [0.25, 0.3) is 0 Å². The number of esters is 1. The Kier molecular flexibility index (Phi) is 6.19. The Morgan fingerprint density at radius 1 is 1.12 bits per heavy atom. The van der Waals surface area contributed by atoms with Crippen LogP contribution in [-0.4, -0.2) is 29.6 Å². The van der Waals surface area contributed by atoms with Crippen LogP contribution in [0.3, 0.4) is 0 Å². The van der Waals surface area contributed by atoms with E-state index < -0.39 is 0 Å². The average Bonchev–Trinajstić information content (AvgIpc) is 3.16. The van der Waals surface area contributed by atoms with Crippen molar-refractivity contribution in [2.24, 2.45) is 0 Å². The Morgan fingerprint density at radius 3 is 2.58 bits per heavy atom. The third-order valence-electron chi connectivity index (χ3n) is 4.38. The normalized spacial score (nSPS) is 14.0. The van der Waals surface area contributed by atoms with Crippen LogP contribution >= 0.6 is 0 Å². The van der Waals surface area contributed by atoms with Gasteiger partial charge < -0.3 is 15.4 Å². The van der Waals surface area contributed by atoms with Crippen molar-refractivity contribution in [3.63, 3.8) is 0 Å². The third kappa shape index (κ3) is 5.31. The quantitative estimate of drug-likeness (QED) is 0.779. The number of rotatable bonds is 6. The van der Waals surface area contributed by atoms with E-state index in [1.807, 2.05) is 12.1 Å². The summed E-state index contributed by atoms with van der Waals surface area (Å²) in [5.74, 6) is -0.302. The lowest BCUT2D eigenvalue weighted by molar-refractivity contribution is 0.0318. The number of amides is 2. The molecule has 1 fully saturated rings. The first-order chi connectivity index (χ1) is 12.7. The molecule has 0 spiro atoms. The van der Waals surface area contributed by atoms with E-state index in [0.29, 0.717) is 24.2 Å². The van der Waals surface area contributed by atoms with E-state index in [0.717, 1.165) is 31.2 Å². The van der Waals surface area contributed by atoms with Gasteiger partial charge in [-0.2, -0.15) is 0 Å². The van der Waals surface area contributed by atoms with Gasteiger partial charge in [0, 0.05) is 24.6 Å². The second-order valence-electron chi connectivity index (χ2n) is 6.38. The third-order valence-corrected chi connectivity index (χ3v) is 4.38. The van der Waals surface area contributed by atoms with Crippen molar-refractivity contribution in [2.45, 2.75) is 38.2 Å². The van der Waals surface area contributed by atoms with Crippen molar-refractivity contribution in [1.82, 2.24) is 10.3 Å². The fraction of sp³-hybridized carbons (Fsp3) is 0.350. The molecule has 3 rings (SSSR count). The van der Waals surface area contributed by atoms with Crippen LogP contribution in [0.5, 0.6) is 0 Å². The molecule has 1 aliphatic carbocycles. The van der Waals surface area contributed by atoms with Gasteiger partial charge in [-0.25, -0.2) is 9.59 Å². The Balaban J connectivity index is 1.43. The van der Waals surface area contributed by atoms with E-state index in [2.05, 4.69) is 15.6 Å². The van der Waals surface area contributed by atoms with Crippen molar-refractivity contribution in [3.8, 4) is 0 Å². The van der Waals surface area contributed by atoms with Crippen molar-refractivity contribution in [3.05, 3.63) is 59.9 Å². The first kappa shape index (κ1) is 17.9. The molecule has 0 saturated heterocycles. The minimum absolute atomic E-state index is 0.0471. The van der Waals surface area contributed by atoms with Crippen LogP contribution in [0.15, 0.2) is 48.8 Å². The minimum Gasteiger partial charge on any atom is -0.459 e. The topological polar surface area (TPSA) is 80.3 Å². The molecule has 0 unspecified atom stereocenters. The van der Waals surface area contributed by atoms with Gasteiger partial charge in [-0.3, -0.25) is 4.98 Å². The molecular weight excluding hydrogens is 330 g/mol. The van der Waals surface area contributed by atoms with Crippen molar-refractivity contribution in [2.75, 3.05) is 11.9 Å². The summed E-state index contributed by atoms with van der Waals surface area (Å²) in [6.07, 6.45) is 8.40. The summed E-state index contributed by atoms with van der Waals surface area (Å²) >= 11 is 0. The number of nitrogens with one attached hydrogen (secondary N) is 2. The SMILES string of the molecule is O=C(NCCc1cccnc1)Nc1ccc(C(=O)OC2CCCC2)cc1. The lowest BCUT2D eigenvalue weighted by Crippen LogP contribution is -2.30. The molecule has 1 aromatic heterocycles. The highest BCUT2D eigenvalue weighted by Crippen LogP contribution is 2.22. The smallest absolute Gasteiger partial charge is 0.338 e. The fourth-order valence-corrected chi connectivity index (χ4v) is 2.96. The van der Waals surface area contributed by atoms with E-state index in [1.54, 1.807) is 36.7 Å². The lowest BCUT2D eigenvalue weighted by atomic mass is 10.2. The fourth-order valence-electron chi connectivity index (χ4n) is 2.96. The molecule has 0 aliphatic heterocycles. The number of carbonyl (C=O) groups excluding carboxylic acids is 2. The summed E-state index contributed by atoms with van der Waals surface area (Å²) in [6, 6.07) is 10.3. The van der Waals surface area contributed by atoms with Gasteiger partial charge in [-0.15, -0.1) is 0 Å². The first-order valence-electron chi connectivity index (χ1n) is 8.95. The summed E-state index contributed by atoms with van der Waals surface area (Å²) in [5, 5.41) is 5.55. The molecular formula is C20H23N3O3. The molecule has 0 atom stereocenters. The standard InChI is InChI=1S/C20H23N3O3/c24-19(26-18-5-1-2-6-18)16-7-9-17(10-8-16)23-20(25)22-13-11-15-4-3-12-21-14-15/h3-4,7-10,12,14,18H,1-2,5-6,11,13H2,(H2,22,23,25). The summed E-state index contributed by atoms with van der Waals surface area (Å²) in [5.41, 5.74) is 2.19. The molecule has 2 amide bonds. The predicted molar refractivity (Wildman–Crippen MR) is 99.1 cm³/mol. The van der Waals surface area contributed by atoms with Crippen LogP contribution in [0.1, 0.15) is 41.6 Å². The molecule has 0 radical (unpaired) electrons. The second kappa shape index (κ2) is 8.99. The van der Waals surface area contributed by atoms with Gasteiger partial charge in [0.05, 0.1) is 5.56 Å². The highest BCUT2D eigenvalue weighted by atomic mass is 16.5. The molecule has 1 heterocycles. The summed E-state index contributed by atoms with van der Waals surface area (Å²) < 4.78 is 5.47. The highest BCUT2D eigenvalue weighted by molar-refractivity contribution is 5.92. The zero-order valence-electron chi connectivity index (χ0n) is 14.6. The van der Waals surface area contributed by atoms with E-state index in [-0.39, 0.29) is 18.1 Å². The van der Waals surface area contributed by atoms with Crippen LogP contribution in [0.25, 0.3) is 0 Å². The summed E-state index contributed by atoms with van der Waals surface area (Å²) in [6.45, 7) is 0.517. The van der Waals surface area contributed by atoms with Crippen LogP contribution in [0, 0.1) is 0 Å². The van der Waals surface area contributed by atoms with Crippen molar-refractivity contribution in [1.29, 1.82) is 0 Å². The maximum Gasteiger partial charge on any atom is 0.338 e. The van der Waals surface area contributed by atoms with Crippen molar-refractivity contribution < 1.29 is 14.3 Å². The Hall–Kier alpha value is -2.89. The summed E-state index contributed by atoms with van der Waals surface area (Å²) in [4.78, 5) is 28.0. The molecule has 6 heteroatoms. The van der Waals surface area contributed by atoms with Crippen LogP contribution < -0.4 is 10.6 Å². The van der Waals surface area contributed by atoms with E-state index in [4.69, 9.17) is 4.74 Å². The Labute approximate surface area is 153 Å². The molecule has 26 heavy (non-hydrogen) atoms. The summed E-state index contributed by atoms with van der Waals surface area (Å²) in [7, 11) is 0. The molecule has 1 aromatic carbocycles. The average molecular weight is 353 g/mol. The molecule has 0 bridgehead atoms. The number of carbonyl (C=O) groups is 2. The predicted octanol–water partition coefficient (Wildman–Crippen LogP) is 3.55. The van der Waals surface area contributed by atoms with E-state index in [1.165, 1.54) is 0 Å². The zero-order valence-corrected chi connectivity index (χ0v) is 14.6. The van der Waals surface area contributed by atoms with Gasteiger partial charge in [-0.05, 0) is 68.0 Å². The monoisotopic (exact) mass is 353 g/mol. The Bertz CT molecular complexity index is 726. The minimum atomic E-state index is -0.302. The number of benzene rings is 1. The maximum absolute atomic E-state index is 12.1. The number of aromatic nitrogens is 1. The second-order valence-corrected chi connectivity index (χ2v) is 6.38. The number of nitrogens with zero attached hydrogens (tertiary/aromatic N) is 1. The largest absolute Gasteiger partial charge is 0.459 e. The number of anilines is 1. The maximum atomic E-state index is 12.1. The van der Waals surface area contributed by atoms with E-state index in [9.17, 15) is 9.59 Å². The van der Waals surface area contributed by atoms with Gasteiger partial charge >= 0.3 is 12.0 Å². The zero-order chi connectivity index (χ0) is 18.2. The van der Waals surface area contributed by atoms with Crippen LogP contribution in [0.4, 0.5) is 10.5 Å². The Morgan fingerprint density at radius 2 is 1.88 bits per heavy atom. The number of pyridine rings is 1. The van der Waals surface area contributed by atoms with Crippen LogP contribution in [-0.2, 0) is 11.2 Å². The highest BCUT2D eigenvalue weighted by Gasteiger charge is 2.20. The van der Waals surface area contributed by atoms with Crippen LogP contribution in [0.2, 0.25) is 0 Å². The molecule has 6 nitrogen and oxygen atoms in total. The molecule has 2 aromatic rings. The molecule has 1 aliphatic rings. The number of ether oxygens (including phenoxy) is 1. The van der Waals surface area contributed by atoms with Crippen molar-refractivity contribution >= 4 is 17.7 Å². The van der Waals surface area contributed by atoms with Gasteiger partial charge in [-0.1, -0.05) is 6.07 Å². The van der Waals surface area contributed by atoms with E-state index >= 15 is 0 Å². The molecule has 2 N–H and O–H groups in total. The number of hydrogen-bond donors (Lipinski definition) is 2. The molecule has 136 valence electrons. The van der Waals surface area contributed by atoms with Gasteiger partial charge in [0.15, 0.2) is 0 Å². The lowest BCUT2D eigenvalue weighted by Gasteiger charge is -2.12. The first-order valence-corrected chi connectivity index (χ1v) is 8.95.